The lowest BCUT2D eigenvalue weighted by molar-refractivity contribution is 0.0700. The first-order chi connectivity index (χ1) is 16.7. The van der Waals surface area contributed by atoms with E-state index in [0.29, 0.717) is 29.2 Å². The minimum atomic E-state index is -0.162. The molecule has 2 N–H and O–H groups in total. The molecule has 3 atom stereocenters. The van der Waals surface area contributed by atoms with Gasteiger partial charge in [-0.05, 0) is 65.6 Å². The maximum Gasteiger partial charge on any atom is 0.254 e. The molecule has 1 amide bonds. The number of hydrogen-bond donors (Lipinski definition) is 2. The lowest BCUT2D eigenvalue weighted by atomic mass is 9.82. The Bertz CT molecular complexity index is 1330. The minimum absolute atomic E-state index is 0.00136. The number of aliphatic hydroxyl groups excluding tert-OH is 1. The largest absolute Gasteiger partial charge is 0.454 e. The van der Waals surface area contributed by atoms with Crippen LogP contribution in [0.15, 0.2) is 60.7 Å². The Hall–Kier alpha value is -4.02. The highest BCUT2D eigenvalue weighted by atomic mass is 16.7. The van der Waals surface area contributed by atoms with Crippen molar-refractivity contribution >= 4 is 11.6 Å². The minimum Gasteiger partial charge on any atom is -0.454 e. The number of fused-ring (bicyclic) bond motifs is 4. The smallest absolute Gasteiger partial charge is 0.254 e. The first-order valence-corrected chi connectivity index (χ1v) is 11.4. The number of nitriles is 1. The maximum absolute atomic E-state index is 13.7. The van der Waals surface area contributed by atoms with Crippen LogP contribution >= 0.6 is 0 Å². The summed E-state index contributed by atoms with van der Waals surface area (Å²) >= 11 is 0. The third kappa shape index (κ3) is 3.27. The van der Waals surface area contributed by atoms with Crippen LogP contribution in [0.4, 0.5) is 5.69 Å². The number of benzene rings is 3. The van der Waals surface area contributed by atoms with Crippen LogP contribution in [0.2, 0.25) is 0 Å². The Balaban J connectivity index is 1.40. The average molecular weight is 453 g/mol. The van der Waals surface area contributed by atoms with Gasteiger partial charge in [0.25, 0.3) is 5.91 Å². The molecule has 170 valence electrons. The number of nitrogens with one attached hydrogen (secondary N) is 1. The van der Waals surface area contributed by atoms with Gasteiger partial charge < -0.3 is 24.8 Å². The van der Waals surface area contributed by atoms with Gasteiger partial charge in [-0.25, -0.2) is 0 Å². The quantitative estimate of drug-likeness (QED) is 0.624. The van der Waals surface area contributed by atoms with Crippen LogP contribution in [-0.2, 0) is 0 Å². The fourth-order valence-corrected chi connectivity index (χ4v) is 5.43. The molecule has 34 heavy (non-hydrogen) atoms. The molecule has 0 radical (unpaired) electrons. The second-order valence-corrected chi connectivity index (χ2v) is 8.89. The Morgan fingerprint density at radius 1 is 1.09 bits per heavy atom. The summed E-state index contributed by atoms with van der Waals surface area (Å²) in [4.78, 5) is 15.6. The highest BCUT2D eigenvalue weighted by molar-refractivity contribution is 5.95. The second kappa shape index (κ2) is 8.08. The molecule has 0 saturated carbocycles. The van der Waals surface area contributed by atoms with Crippen molar-refractivity contribution in [3.8, 4) is 28.7 Å². The fourth-order valence-electron chi connectivity index (χ4n) is 5.43. The summed E-state index contributed by atoms with van der Waals surface area (Å²) < 4.78 is 10.9. The van der Waals surface area contributed by atoms with E-state index in [1.807, 2.05) is 35.2 Å². The van der Waals surface area contributed by atoms with E-state index in [1.165, 1.54) is 0 Å². The summed E-state index contributed by atoms with van der Waals surface area (Å²) in [6, 6.07) is 20.8. The lowest BCUT2D eigenvalue weighted by Crippen LogP contribution is -2.42. The number of nitrogens with zero attached hydrogens (tertiary/aromatic N) is 2. The van der Waals surface area contributed by atoms with Gasteiger partial charge in [-0.2, -0.15) is 5.26 Å². The molecule has 1 saturated heterocycles. The predicted octanol–water partition coefficient (Wildman–Crippen LogP) is 3.94. The van der Waals surface area contributed by atoms with E-state index in [1.54, 1.807) is 24.3 Å². The average Bonchev–Trinajstić information content (AvgIpc) is 3.54. The molecule has 6 rings (SSSR count). The zero-order valence-electron chi connectivity index (χ0n) is 18.4. The molecule has 0 spiro atoms. The number of ether oxygens (including phenoxy) is 2. The number of anilines is 1. The van der Waals surface area contributed by atoms with Crippen molar-refractivity contribution in [2.24, 2.45) is 5.92 Å². The monoisotopic (exact) mass is 453 g/mol. The van der Waals surface area contributed by atoms with Gasteiger partial charge in [-0.15, -0.1) is 0 Å². The predicted molar refractivity (Wildman–Crippen MR) is 126 cm³/mol. The molecule has 0 aromatic heterocycles. The van der Waals surface area contributed by atoms with Crippen LogP contribution in [0.25, 0.3) is 11.1 Å². The zero-order valence-corrected chi connectivity index (χ0v) is 18.4. The zero-order chi connectivity index (χ0) is 23.2. The summed E-state index contributed by atoms with van der Waals surface area (Å²) in [5, 5.41) is 22.8. The standard InChI is InChI=1S/C27H23N3O4/c28-13-16-2-1-3-17(10-16)18-4-6-22-21(11-18)26-20(23(14-31)29-22)8-9-30(26)27(32)19-5-7-24-25(12-19)34-15-33-24/h1-7,10-12,20,23,26,29,31H,8-9,14-15H2/t20-,23-,26-/m1/s1. The molecule has 0 bridgehead atoms. The maximum atomic E-state index is 13.7. The fraction of sp³-hybridized carbons (Fsp3) is 0.259. The highest BCUT2D eigenvalue weighted by Crippen LogP contribution is 2.48. The van der Waals surface area contributed by atoms with E-state index < -0.39 is 0 Å². The van der Waals surface area contributed by atoms with Crippen molar-refractivity contribution in [2.45, 2.75) is 18.5 Å². The number of hydrogen-bond acceptors (Lipinski definition) is 6. The van der Waals surface area contributed by atoms with E-state index in [9.17, 15) is 15.2 Å². The van der Waals surface area contributed by atoms with Crippen LogP contribution in [-0.4, -0.2) is 41.9 Å². The molecule has 7 nitrogen and oxygen atoms in total. The van der Waals surface area contributed by atoms with E-state index in [2.05, 4.69) is 17.5 Å². The number of amides is 1. The van der Waals surface area contributed by atoms with Gasteiger partial charge in [0.1, 0.15) is 0 Å². The van der Waals surface area contributed by atoms with Crippen LogP contribution in [0, 0.1) is 17.2 Å². The second-order valence-electron chi connectivity index (χ2n) is 8.89. The molecule has 3 aromatic rings. The molecule has 3 aliphatic rings. The van der Waals surface area contributed by atoms with Gasteiger partial charge in [0.15, 0.2) is 11.5 Å². The molecule has 3 aromatic carbocycles. The third-order valence-corrected chi connectivity index (χ3v) is 7.07. The van der Waals surface area contributed by atoms with Crippen molar-refractivity contribution in [2.75, 3.05) is 25.3 Å². The third-order valence-electron chi connectivity index (χ3n) is 7.07. The topological polar surface area (TPSA) is 94.8 Å². The molecular weight excluding hydrogens is 430 g/mol. The van der Waals surface area contributed by atoms with E-state index in [4.69, 9.17) is 9.47 Å². The number of aliphatic hydroxyl groups is 1. The van der Waals surface area contributed by atoms with Gasteiger partial charge in [-0.1, -0.05) is 18.2 Å². The van der Waals surface area contributed by atoms with Crippen LogP contribution < -0.4 is 14.8 Å². The van der Waals surface area contributed by atoms with Crippen LogP contribution in [0.1, 0.15) is 33.9 Å². The van der Waals surface area contributed by atoms with E-state index in [0.717, 1.165) is 28.8 Å². The number of likely N-dealkylation sites (tertiary alicyclic amines) is 1. The molecule has 0 aliphatic carbocycles. The van der Waals surface area contributed by atoms with Crippen molar-refractivity contribution in [1.29, 1.82) is 5.26 Å². The highest BCUT2D eigenvalue weighted by Gasteiger charge is 2.46. The number of carbonyl (C=O) groups is 1. The Morgan fingerprint density at radius 3 is 2.79 bits per heavy atom. The Labute approximate surface area is 197 Å². The summed E-state index contributed by atoms with van der Waals surface area (Å²) in [5.41, 5.74) is 5.05. The van der Waals surface area contributed by atoms with Gasteiger partial charge >= 0.3 is 0 Å². The summed E-state index contributed by atoms with van der Waals surface area (Å²) in [7, 11) is 0. The molecule has 1 fully saturated rings. The first-order valence-electron chi connectivity index (χ1n) is 11.4. The van der Waals surface area contributed by atoms with Gasteiger partial charge in [0.2, 0.25) is 6.79 Å². The van der Waals surface area contributed by atoms with E-state index >= 15 is 0 Å². The molecule has 3 heterocycles. The van der Waals surface area contributed by atoms with Crippen molar-refractivity contribution in [3.63, 3.8) is 0 Å². The summed E-state index contributed by atoms with van der Waals surface area (Å²) in [6.07, 6.45) is 0.798. The SMILES string of the molecule is N#Cc1cccc(-c2ccc3c(c2)[C@H]2[C@H](CCN2C(=O)c2ccc4c(c2)OCO4)[C@@H](CO)N3)c1. The molecule has 7 heteroatoms. The first kappa shape index (κ1) is 20.6. The number of rotatable bonds is 3. The van der Waals surface area contributed by atoms with E-state index in [-0.39, 0.29) is 37.3 Å². The Morgan fingerprint density at radius 2 is 1.94 bits per heavy atom. The molecule has 3 aliphatic heterocycles. The lowest BCUT2D eigenvalue weighted by Gasteiger charge is -2.39. The normalized spacial score (nSPS) is 21.9. The van der Waals surface area contributed by atoms with Gasteiger partial charge in [-0.3, -0.25) is 4.79 Å². The Kier molecular flexibility index (Phi) is 4.89. The van der Waals surface area contributed by atoms with Gasteiger partial charge in [0.05, 0.1) is 30.3 Å². The van der Waals surface area contributed by atoms with Crippen molar-refractivity contribution in [3.05, 3.63) is 77.4 Å². The van der Waals surface area contributed by atoms with Crippen molar-refractivity contribution < 1.29 is 19.4 Å². The van der Waals surface area contributed by atoms with Gasteiger partial charge in [0, 0.05) is 23.7 Å². The van der Waals surface area contributed by atoms with Crippen LogP contribution in [0.3, 0.4) is 0 Å². The van der Waals surface area contributed by atoms with Crippen LogP contribution in [0.5, 0.6) is 11.5 Å². The summed E-state index contributed by atoms with van der Waals surface area (Å²) in [5.74, 6) is 1.26. The molecule has 0 unspecified atom stereocenters. The van der Waals surface area contributed by atoms with Crippen molar-refractivity contribution in [1.82, 2.24) is 4.90 Å². The number of carbonyl (C=O) groups excluding carboxylic acids is 1. The molecular formula is C27H23N3O4. The summed E-state index contributed by atoms with van der Waals surface area (Å²) in [6.45, 7) is 0.765.